The molecule has 3 N–H and O–H groups in total. The number of hydrogen-bond donors (Lipinski definition) is 3. The maximum Gasteiger partial charge on any atom is 0.238 e. The van der Waals surface area contributed by atoms with Crippen LogP contribution in [0.2, 0.25) is 0 Å². The first kappa shape index (κ1) is 14.0. The number of anilines is 1. The Morgan fingerprint density at radius 2 is 2.21 bits per heavy atom. The van der Waals surface area contributed by atoms with Crippen molar-refractivity contribution in [1.29, 1.82) is 0 Å². The molecule has 2 unspecified atom stereocenters. The number of carbonyl (C=O) groups excluding carboxylic acids is 1. The van der Waals surface area contributed by atoms with Crippen LogP contribution in [0.15, 0.2) is 24.3 Å². The Morgan fingerprint density at radius 3 is 2.79 bits per heavy atom. The van der Waals surface area contributed by atoms with Gasteiger partial charge in [-0.3, -0.25) is 4.79 Å². The molecule has 0 spiro atoms. The predicted octanol–water partition coefficient (Wildman–Crippen LogP) is 1.68. The van der Waals surface area contributed by atoms with E-state index < -0.39 is 0 Å². The Morgan fingerprint density at radius 1 is 1.47 bits per heavy atom. The van der Waals surface area contributed by atoms with Gasteiger partial charge in [0.25, 0.3) is 0 Å². The summed E-state index contributed by atoms with van der Waals surface area (Å²) in [5, 5.41) is 15.7. The van der Waals surface area contributed by atoms with E-state index >= 15 is 0 Å². The average Bonchev–Trinajstić information content (AvgIpc) is 2.34. The molecule has 1 amide bonds. The highest BCUT2D eigenvalue weighted by Gasteiger charge is 2.46. The molecule has 2 atom stereocenters. The van der Waals surface area contributed by atoms with Crippen LogP contribution >= 0.6 is 0 Å². The molecule has 1 aliphatic carbocycles. The monoisotopic (exact) mass is 262 g/mol. The minimum atomic E-state index is -0.273. The summed E-state index contributed by atoms with van der Waals surface area (Å²) in [7, 11) is 0. The summed E-state index contributed by atoms with van der Waals surface area (Å²) in [5.74, 6) is -0.0530. The third kappa shape index (κ3) is 3.14. The van der Waals surface area contributed by atoms with E-state index in [1.165, 1.54) is 0 Å². The van der Waals surface area contributed by atoms with Gasteiger partial charge in [-0.2, -0.15) is 0 Å². The first-order chi connectivity index (χ1) is 8.89. The zero-order valence-electron chi connectivity index (χ0n) is 11.7. The Labute approximate surface area is 114 Å². The zero-order chi connectivity index (χ0) is 14.0. The second kappa shape index (κ2) is 5.31. The molecule has 19 heavy (non-hydrogen) atoms. The highest BCUT2D eigenvalue weighted by molar-refractivity contribution is 5.92. The highest BCUT2D eigenvalue weighted by Crippen LogP contribution is 2.40. The van der Waals surface area contributed by atoms with Crippen molar-refractivity contribution in [2.45, 2.75) is 39.3 Å². The predicted molar refractivity (Wildman–Crippen MR) is 76.0 cm³/mol. The van der Waals surface area contributed by atoms with Crippen LogP contribution in [0.5, 0.6) is 0 Å². The second-order valence-electron chi connectivity index (χ2n) is 5.92. The summed E-state index contributed by atoms with van der Waals surface area (Å²) in [6, 6.07) is 7.93. The van der Waals surface area contributed by atoms with Crippen LogP contribution in [0.3, 0.4) is 0 Å². The second-order valence-corrected chi connectivity index (χ2v) is 5.92. The van der Waals surface area contributed by atoms with E-state index in [9.17, 15) is 9.90 Å². The van der Waals surface area contributed by atoms with Gasteiger partial charge in [-0.25, -0.2) is 0 Å². The molecule has 0 heterocycles. The van der Waals surface area contributed by atoms with E-state index in [2.05, 4.69) is 10.6 Å². The van der Waals surface area contributed by atoms with Gasteiger partial charge in [-0.15, -0.1) is 0 Å². The fourth-order valence-corrected chi connectivity index (χ4v) is 2.39. The molecule has 0 aliphatic heterocycles. The third-order valence-electron chi connectivity index (χ3n) is 4.03. The van der Waals surface area contributed by atoms with E-state index in [1.807, 2.05) is 45.0 Å². The maximum atomic E-state index is 11.8. The van der Waals surface area contributed by atoms with Crippen molar-refractivity contribution < 1.29 is 9.90 Å². The van der Waals surface area contributed by atoms with Crippen LogP contribution in [-0.2, 0) is 4.79 Å². The number of hydrogen-bond acceptors (Lipinski definition) is 3. The van der Waals surface area contributed by atoms with Crippen LogP contribution in [0.4, 0.5) is 5.69 Å². The van der Waals surface area contributed by atoms with Gasteiger partial charge in [0, 0.05) is 17.1 Å². The number of aliphatic hydroxyl groups is 1. The van der Waals surface area contributed by atoms with Crippen molar-refractivity contribution in [3.63, 3.8) is 0 Å². The summed E-state index contributed by atoms with van der Waals surface area (Å²) in [6.45, 7) is 6.29. The average molecular weight is 262 g/mol. The normalized spacial score (nSPS) is 24.6. The van der Waals surface area contributed by atoms with Gasteiger partial charge in [-0.1, -0.05) is 26.0 Å². The fraction of sp³-hybridized carbons (Fsp3) is 0.533. The zero-order valence-corrected chi connectivity index (χ0v) is 11.7. The Bertz CT molecular complexity index is 471. The molecule has 0 bridgehead atoms. The molecule has 104 valence electrons. The minimum absolute atomic E-state index is 0.0530. The number of benzene rings is 1. The lowest BCUT2D eigenvalue weighted by atomic mass is 9.64. The molecule has 1 aromatic rings. The number of carbonyl (C=O) groups is 1. The minimum Gasteiger partial charge on any atom is -0.392 e. The van der Waals surface area contributed by atoms with Gasteiger partial charge in [0.2, 0.25) is 5.91 Å². The van der Waals surface area contributed by atoms with E-state index in [4.69, 9.17) is 0 Å². The fourth-order valence-electron chi connectivity index (χ4n) is 2.39. The maximum absolute atomic E-state index is 11.8. The largest absolute Gasteiger partial charge is 0.392 e. The van der Waals surface area contributed by atoms with Crippen molar-refractivity contribution in [3.05, 3.63) is 29.8 Å². The first-order valence-electron chi connectivity index (χ1n) is 6.67. The number of rotatable bonds is 4. The van der Waals surface area contributed by atoms with Crippen molar-refractivity contribution in [2.24, 2.45) is 5.41 Å². The molecule has 0 aromatic heterocycles. The molecule has 0 saturated heterocycles. The summed E-state index contributed by atoms with van der Waals surface area (Å²) < 4.78 is 0. The van der Waals surface area contributed by atoms with Gasteiger partial charge in [0.15, 0.2) is 0 Å². The van der Waals surface area contributed by atoms with Crippen LogP contribution in [-0.4, -0.2) is 29.7 Å². The summed E-state index contributed by atoms with van der Waals surface area (Å²) >= 11 is 0. The smallest absolute Gasteiger partial charge is 0.238 e. The Hall–Kier alpha value is -1.39. The molecular weight excluding hydrogens is 240 g/mol. The first-order valence-corrected chi connectivity index (χ1v) is 6.67. The SMILES string of the molecule is Cc1cccc(NC(=O)CNC2CC(O)C2(C)C)c1. The van der Waals surface area contributed by atoms with E-state index in [0.717, 1.165) is 11.3 Å². The summed E-state index contributed by atoms with van der Waals surface area (Å²) in [4.78, 5) is 11.8. The topological polar surface area (TPSA) is 61.4 Å². The van der Waals surface area contributed by atoms with E-state index in [1.54, 1.807) is 0 Å². The lowest BCUT2D eigenvalue weighted by Crippen LogP contribution is -2.60. The number of nitrogens with one attached hydrogen (secondary N) is 2. The third-order valence-corrected chi connectivity index (χ3v) is 4.03. The van der Waals surface area contributed by atoms with Crippen LogP contribution < -0.4 is 10.6 Å². The Kier molecular flexibility index (Phi) is 3.92. The lowest BCUT2D eigenvalue weighted by molar-refractivity contribution is -0.117. The number of aliphatic hydroxyl groups excluding tert-OH is 1. The molecular formula is C15H22N2O2. The molecule has 4 heteroatoms. The van der Waals surface area contributed by atoms with Crippen molar-refractivity contribution in [1.82, 2.24) is 5.32 Å². The van der Waals surface area contributed by atoms with Gasteiger partial charge in [-0.05, 0) is 31.0 Å². The van der Waals surface area contributed by atoms with Gasteiger partial charge in [0.1, 0.15) is 0 Å². The van der Waals surface area contributed by atoms with Crippen LogP contribution in [0.25, 0.3) is 0 Å². The van der Waals surface area contributed by atoms with E-state index in [-0.39, 0.29) is 30.0 Å². The lowest BCUT2D eigenvalue weighted by Gasteiger charge is -2.49. The summed E-state index contributed by atoms with van der Waals surface area (Å²) in [6.07, 6.45) is 0.440. The van der Waals surface area contributed by atoms with Crippen LogP contribution in [0, 0.1) is 12.3 Å². The number of amides is 1. The van der Waals surface area contributed by atoms with Crippen molar-refractivity contribution in [3.8, 4) is 0 Å². The molecule has 1 fully saturated rings. The quantitative estimate of drug-likeness (QED) is 0.773. The molecule has 1 saturated carbocycles. The number of aryl methyl sites for hydroxylation is 1. The Balaban J connectivity index is 1.80. The molecule has 1 aliphatic rings. The molecule has 4 nitrogen and oxygen atoms in total. The highest BCUT2D eigenvalue weighted by atomic mass is 16.3. The summed E-state index contributed by atoms with van der Waals surface area (Å²) in [5.41, 5.74) is 1.79. The van der Waals surface area contributed by atoms with Crippen molar-refractivity contribution in [2.75, 3.05) is 11.9 Å². The molecule has 2 rings (SSSR count). The van der Waals surface area contributed by atoms with Crippen molar-refractivity contribution >= 4 is 11.6 Å². The van der Waals surface area contributed by atoms with Gasteiger partial charge >= 0.3 is 0 Å². The van der Waals surface area contributed by atoms with Gasteiger partial charge in [0.05, 0.1) is 12.6 Å². The van der Waals surface area contributed by atoms with Gasteiger partial charge < -0.3 is 15.7 Å². The van der Waals surface area contributed by atoms with E-state index in [0.29, 0.717) is 6.42 Å². The molecule has 0 radical (unpaired) electrons. The molecule has 1 aromatic carbocycles. The van der Waals surface area contributed by atoms with Crippen LogP contribution in [0.1, 0.15) is 25.8 Å². The standard InChI is InChI=1S/C15H22N2O2/c1-10-5-4-6-11(7-10)17-14(19)9-16-12-8-13(18)15(12,2)3/h4-7,12-13,16,18H,8-9H2,1-3H3,(H,17,19).